The van der Waals surface area contributed by atoms with E-state index in [4.69, 9.17) is 9.47 Å². The predicted octanol–water partition coefficient (Wildman–Crippen LogP) is 4.38. The van der Waals surface area contributed by atoms with E-state index in [2.05, 4.69) is 34.8 Å². The summed E-state index contributed by atoms with van der Waals surface area (Å²) in [6.45, 7) is 5.94. The SMILES string of the molecule is CCCN(CCC)c1nc(SC)nc(-c2ccc(OC)c(OC)c2)c1C#N. The van der Waals surface area contributed by atoms with E-state index >= 15 is 0 Å². The second kappa shape index (κ2) is 10.0. The molecule has 1 heterocycles. The molecule has 6 nitrogen and oxygen atoms in total. The maximum Gasteiger partial charge on any atom is 0.189 e. The Balaban J connectivity index is 2.69. The Morgan fingerprint density at radius 2 is 1.74 bits per heavy atom. The van der Waals surface area contributed by atoms with Crippen molar-refractivity contribution in [3.05, 3.63) is 23.8 Å². The van der Waals surface area contributed by atoms with Crippen LogP contribution < -0.4 is 14.4 Å². The average molecular weight is 387 g/mol. The second-order valence-electron chi connectivity index (χ2n) is 5.93. The van der Waals surface area contributed by atoms with Crippen molar-refractivity contribution >= 4 is 17.6 Å². The molecule has 7 heteroatoms. The van der Waals surface area contributed by atoms with Gasteiger partial charge in [0, 0.05) is 18.7 Å². The number of methoxy groups -OCH3 is 2. The molecule has 0 aliphatic carbocycles. The van der Waals surface area contributed by atoms with Crippen LogP contribution in [0.2, 0.25) is 0 Å². The fraction of sp³-hybridized carbons (Fsp3) is 0.450. The first-order valence-corrected chi connectivity index (χ1v) is 10.2. The van der Waals surface area contributed by atoms with Gasteiger partial charge in [-0.05, 0) is 37.3 Å². The quantitative estimate of drug-likeness (QED) is 0.468. The van der Waals surface area contributed by atoms with Gasteiger partial charge in [0.2, 0.25) is 0 Å². The summed E-state index contributed by atoms with van der Waals surface area (Å²) in [4.78, 5) is 11.5. The number of thioether (sulfide) groups is 1. The highest BCUT2D eigenvalue weighted by Crippen LogP contribution is 2.35. The number of hydrogen-bond acceptors (Lipinski definition) is 7. The Hall–Kier alpha value is -2.46. The molecule has 0 bridgehead atoms. The number of benzene rings is 1. The summed E-state index contributed by atoms with van der Waals surface area (Å²) in [5, 5.41) is 10.6. The third-order valence-electron chi connectivity index (χ3n) is 4.11. The first-order chi connectivity index (χ1) is 13.1. The van der Waals surface area contributed by atoms with Crippen molar-refractivity contribution in [1.29, 1.82) is 5.26 Å². The van der Waals surface area contributed by atoms with E-state index in [0.717, 1.165) is 31.5 Å². The van der Waals surface area contributed by atoms with Crippen molar-refractivity contribution in [3.63, 3.8) is 0 Å². The number of ether oxygens (including phenoxy) is 2. The molecule has 0 aliphatic rings. The van der Waals surface area contributed by atoms with Crippen LogP contribution in [0.5, 0.6) is 11.5 Å². The summed E-state index contributed by atoms with van der Waals surface area (Å²) in [6, 6.07) is 7.89. The molecule has 0 atom stereocenters. The molecule has 144 valence electrons. The first-order valence-electron chi connectivity index (χ1n) is 8.96. The first kappa shape index (κ1) is 20.8. The number of rotatable bonds is 9. The van der Waals surface area contributed by atoms with E-state index in [-0.39, 0.29) is 0 Å². The third-order valence-corrected chi connectivity index (χ3v) is 4.66. The lowest BCUT2D eigenvalue weighted by atomic mass is 10.1. The summed E-state index contributed by atoms with van der Waals surface area (Å²) in [5.74, 6) is 1.94. The number of hydrogen-bond donors (Lipinski definition) is 0. The molecular weight excluding hydrogens is 360 g/mol. The van der Waals surface area contributed by atoms with E-state index in [9.17, 15) is 5.26 Å². The van der Waals surface area contributed by atoms with Crippen LogP contribution in [0, 0.1) is 11.3 Å². The van der Waals surface area contributed by atoms with E-state index < -0.39 is 0 Å². The number of nitriles is 1. The smallest absolute Gasteiger partial charge is 0.189 e. The van der Waals surface area contributed by atoms with Crippen molar-refractivity contribution in [2.24, 2.45) is 0 Å². The number of anilines is 1. The second-order valence-corrected chi connectivity index (χ2v) is 6.70. The Morgan fingerprint density at radius 1 is 1.07 bits per heavy atom. The van der Waals surface area contributed by atoms with Gasteiger partial charge >= 0.3 is 0 Å². The molecule has 0 radical (unpaired) electrons. The highest BCUT2D eigenvalue weighted by Gasteiger charge is 2.21. The van der Waals surface area contributed by atoms with Gasteiger partial charge in [0.1, 0.15) is 11.6 Å². The van der Waals surface area contributed by atoms with E-state index in [1.54, 1.807) is 14.2 Å². The van der Waals surface area contributed by atoms with Gasteiger partial charge in [-0.15, -0.1) is 0 Å². The minimum atomic E-state index is 0.488. The molecule has 0 spiro atoms. The Kier molecular flexibility index (Phi) is 7.74. The summed E-state index contributed by atoms with van der Waals surface area (Å²) in [5.41, 5.74) is 1.91. The number of nitrogens with zero attached hydrogens (tertiary/aromatic N) is 4. The zero-order chi connectivity index (χ0) is 19.8. The normalized spacial score (nSPS) is 10.4. The van der Waals surface area contributed by atoms with Crippen LogP contribution in [0.4, 0.5) is 5.82 Å². The zero-order valence-electron chi connectivity index (χ0n) is 16.6. The lowest BCUT2D eigenvalue weighted by molar-refractivity contribution is 0.355. The van der Waals surface area contributed by atoms with E-state index in [1.807, 2.05) is 24.5 Å². The van der Waals surface area contributed by atoms with Gasteiger partial charge in [-0.3, -0.25) is 0 Å². The van der Waals surface area contributed by atoms with Crippen LogP contribution in [0.15, 0.2) is 23.4 Å². The Morgan fingerprint density at radius 3 is 2.26 bits per heavy atom. The number of aromatic nitrogens is 2. The summed E-state index contributed by atoms with van der Waals surface area (Å²) in [7, 11) is 3.19. The molecule has 2 rings (SSSR count). The van der Waals surface area contributed by atoms with Gasteiger partial charge in [-0.25, -0.2) is 9.97 Å². The monoisotopic (exact) mass is 386 g/mol. The largest absolute Gasteiger partial charge is 0.493 e. The standard InChI is InChI=1S/C20H26N4O2S/c1-6-10-24(11-7-2)19-15(13-21)18(22-20(23-19)27-5)14-8-9-16(25-3)17(12-14)26-4/h8-9,12H,6-7,10-11H2,1-5H3. The lowest BCUT2D eigenvalue weighted by Crippen LogP contribution is -2.27. The minimum Gasteiger partial charge on any atom is -0.493 e. The predicted molar refractivity (Wildman–Crippen MR) is 110 cm³/mol. The van der Waals surface area contributed by atoms with Gasteiger partial charge in [-0.1, -0.05) is 25.6 Å². The Labute approximate surface area is 165 Å². The summed E-state index contributed by atoms with van der Waals surface area (Å²) in [6.07, 6.45) is 3.90. The molecular formula is C20H26N4O2S. The van der Waals surface area contributed by atoms with Gasteiger partial charge in [0.15, 0.2) is 22.5 Å². The summed E-state index contributed by atoms with van der Waals surface area (Å²) >= 11 is 1.47. The van der Waals surface area contributed by atoms with Crippen molar-refractivity contribution in [2.45, 2.75) is 31.8 Å². The fourth-order valence-corrected chi connectivity index (χ4v) is 3.27. The average Bonchev–Trinajstić information content (AvgIpc) is 2.71. The van der Waals surface area contributed by atoms with Crippen molar-refractivity contribution in [3.8, 4) is 28.8 Å². The van der Waals surface area contributed by atoms with Gasteiger partial charge in [0.05, 0.1) is 19.9 Å². The van der Waals surface area contributed by atoms with Crippen LogP contribution in [-0.2, 0) is 0 Å². The lowest BCUT2D eigenvalue weighted by Gasteiger charge is -2.24. The van der Waals surface area contributed by atoms with Crippen molar-refractivity contribution < 1.29 is 9.47 Å². The zero-order valence-corrected chi connectivity index (χ0v) is 17.4. The molecule has 1 aromatic carbocycles. The molecule has 0 saturated carbocycles. The van der Waals surface area contributed by atoms with Crippen LogP contribution in [-0.4, -0.2) is 43.5 Å². The van der Waals surface area contributed by atoms with Crippen molar-refractivity contribution in [2.75, 3.05) is 38.5 Å². The van der Waals surface area contributed by atoms with Crippen LogP contribution in [0.3, 0.4) is 0 Å². The highest BCUT2D eigenvalue weighted by molar-refractivity contribution is 7.98. The van der Waals surface area contributed by atoms with Gasteiger partial charge in [0.25, 0.3) is 0 Å². The van der Waals surface area contributed by atoms with Crippen LogP contribution >= 0.6 is 11.8 Å². The van der Waals surface area contributed by atoms with Gasteiger partial charge < -0.3 is 14.4 Å². The van der Waals surface area contributed by atoms with Crippen molar-refractivity contribution in [1.82, 2.24) is 9.97 Å². The van der Waals surface area contributed by atoms with Gasteiger partial charge in [-0.2, -0.15) is 5.26 Å². The third kappa shape index (κ3) is 4.64. The van der Waals surface area contributed by atoms with E-state index in [1.165, 1.54) is 11.8 Å². The molecule has 0 saturated heterocycles. The molecule has 0 N–H and O–H groups in total. The van der Waals surface area contributed by atoms with E-state index in [0.29, 0.717) is 33.7 Å². The fourth-order valence-electron chi connectivity index (χ4n) is 2.91. The Bertz CT molecular complexity index is 814. The summed E-state index contributed by atoms with van der Waals surface area (Å²) < 4.78 is 10.7. The molecule has 0 amide bonds. The maximum absolute atomic E-state index is 9.92. The topological polar surface area (TPSA) is 71.3 Å². The highest BCUT2D eigenvalue weighted by atomic mass is 32.2. The molecule has 0 aliphatic heterocycles. The minimum absolute atomic E-state index is 0.488. The van der Waals surface area contributed by atoms with Crippen LogP contribution in [0.1, 0.15) is 32.3 Å². The maximum atomic E-state index is 9.92. The molecule has 27 heavy (non-hydrogen) atoms. The molecule has 0 unspecified atom stereocenters. The van der Waals surface area contributed by atoms with Crippen LogP contribution in [0.25, 0.3) is 11.3 Å². The molecule has 0 fully saturated rings. The molecule has 1 aromatic heterocycles. The molecule has 2 aromatic rings.